The van der Waals surface area contributed by atoms with Crippen molar-refractivity contribution in [2.24, 2.45) is 0 Å². The number of benzene rings is 1. The Bertz CT molecular complexity index is 675. The monoisotopic (exact) mass is 527 g/mol. The molecule has 2 rings (SSSR count). The van der Waals surface area contributed by atoms with Gasteiger partial charge in [0.05, 0.1) is 0 Å². The van der Waals surface area contributed by atoms with Gasteiger partial charge in [-0.3, -0.25) is 28.2 Å². The van der Waals surface area contributed by atoms with Crippen LogP contribution in [0.3, 0.4) is 0 Å². The van der Waals surface area contributed by atoms with E-state index in [1.165, 1.54) is 0 Å². The van der Waals surface area contributed by atoms with Gasteiger partial charge in [0, 0.05) is 70.9 Å². The van der Waals surface area contributed by atoms with Gasteiger partial charge in [-0.25, -0.2) is 21.5 Å². The first-order valence-corrected chi connectivity index (χ1v) is 5.90. The van der Waals surface area contributed by atoms with E-state index in [0.29, 0.717) is 22.6 Å². The van der Waals surface area contributed by atoms with Crippen LogP contribution in [-0.2, 0) is 53.8 Å². The van der Waals surface area contributed by atoms with Gasteiger partial charge < -0.3 is 5.11 Å². The van der Waals surface area contributed by atoms with Crippen LogP contribution in [0.1, 0.15) is 32.9 Å². The largest absolute Gasteiger partial charge is 0.477 e. The Kier molecular flexibility index (Phi) is 8.09. The van der Waals surface area contributed by atoms with E-state index in [4.69, 9.17) is 5.11 Å². The van der Waals surface area contributed by atoms with Gasteiger partial charge in [-0.2, -0.15) is 0 Å². The number of aryl methyl sites for hydroxylation is 3. The van der Waals surface area contributed by atoms with E-state index in [-0.39, 0.29) is 59.5 Å². The number of nitrogens with zero attached hydrogens (tertiary/aromatic N) is 2. The Morgan fingerprint density at radius 3 is 2.33 bits per heavy atom. The van der Waals surface area contributed by atoms with Gasteiger partial charge in [0.15, 0.2) is 0 Å². The van der Waals surface area contributed by atoms with Gasteiger partial charge in [-0.1, -0.05) is 13.8 Å². The zero-order valence-corrected chi connectivity index (χ0v) is 18.1. The molecule has 0 aliphatic heterocycles. The molecule has 0 bridgehead atoms. The maximum Gasteiger partial charge on any atom is 0.353 e. The van der Waals surface area contributed by atoms with E-state index >= 15 is 0 Å². The van der Waals surface area contributed by atoms with Crippen LogP contribution in [0.15, 0.2) is 6.07 Å². The second kappa shape index (κ2) is 8.26. The van der Waals surface area contributed by atoms with Crippen LogP contribution in [0.5, 0.6) is 0 Å². The molecule has 0 aliphatic rings. The summed E-state index contributed by atoms with van der Waals surface area (Å²) in [5, 5.41) is 9.17. The quantitative estimate of drug-likeness (QED) is 0.611. The second-order valence-electron chi connectivity index (χ2n) is 4.51. The number of carboxylic acid groups (broad SMARTS) is 1. The van der Waals surface area contributed by atoms with Crippen molar-refractivity contribution in [3.63, 3.8) is 0 Å². The third-order valence-corrected chi connectivity index (χ3v) is 3.01. The van der Waals surface area contributed by atoms with Crippen LogP contribution in [0.2, 0.25) is 0 Å². The number of aromatic carboxylic acids is 1. The van der Waals surface area contributed by atoms with Crippen molar-refractivity contribution in [2.45, 2.75) is 27.7 Å². The Morgan fingerprint density at radius 2 is 1.81 bits per heavy atom. The summed E-state index contributed by atoms with van der Waals surface area (Å²) in [7, 11) is 0. The molecule has 0 fully saturated rings. The van der Waals surface area contributed by atoms with Crippen LogP contribution < -0.4 is 0 Å². The molecule has 0 saturated heterocycles. The molecule has 0 aliphatic carbocycles. The minimum atomic E-state index is -1.04. The second-order valence-corrected chi connectivity index (χ2v) is 4.51. The molecule has 0 atom stereocenters. The summed E-state index contributed by atoms with van der Waals surface area (Å²) in [5.41, 5.74) is 3.82. The predicted octanol–water partition coefficient (Wildman–Crippen LogP) is 2.67. The minimum absolute atomic E-state index is 0. The Labute approximate surface area is 163 Å². The zero-order valence-electron chi connectivity index (χ0n) is 12.3. The Morgan fingerprint density at radius 1 is 1.19 bits per heavy atom. The third-order valence-electron chi connectivity index (χ3n) is 3.01. The van der Waals surface area contributed by atoms with Gasteiger partial charge in [0.2, 0.25) is 0 Å². The molecule has 1 radical (unpaired) electrons. The van der Waals surface area contributed by atoms with Crippen molar-refractivity contribution >= 4 is 5.97 Å². The number of hydrogen-bond acceptors (Lipinski definition) is 3. The van der Waals surface area contributed by atoms with Crippen LogP contribution >= 0.6 is 0 Å². The van der Waals surface area contributed by atoms with Crippen molar-refractivity contribution < 1.29 is 63.7 Å². The van der Waals surface area contributed by atoms with Crippen molar-refractivity contribution in [1.29, 1.82) is 0 Å². The Hall–Kier alpha value is -0.438. The first-order valence-electron chi connectivity index (χ1n) is 5.90. The topological polar surface area (TPSA) is 63.1 Å². The van der Waals surface area contributed by atoms with E-state index in [0.717, 1.165) is 11.1 Å². The number of carboxylic acids is 1. The molecule has 0 saturated carbocycles. The van der Waals surface area contributed by atoms with E-state index in [1.807, 2.05) is 13.8 Å². The van der Waals surface area contributed by atoms with Crippen LogP contribution in [0, 0.1) is 39.8 Å². The fraction of sp³-hybridized carbons (Fsp3) is 0.267. The molecule has 21 heavy (non-hydrogen) atoms. The summed E-state index contributed by atoms with van der Waals surface area (Å²) in [5.74, 6) is -0.660. The van der Waals surface area contributed by atoms with Crippen molar-refractivity contribution in [2.75, 3.05) is 0 Å². The van der Waals surface area contributed by atoms with Crippen LogP contribution in [-0.4, -0.2) is 21.0 Å². The van der Waals surface area contributed by atoms with Crippen molar-refractivity contribution in [3.8, 4) is 11.4 Å². The summed E-state index contributed by atoms with van der Waals surface area (Å²) >= 11 is 0. The molecule has 0 unspecified atom stereocenters. The fourth-order valence-electron chi connectivity index (χ4n) is 1.86. The fourth-order valence-corrected chi connectivity index (χ4v) is 1.86. The van der Waals surface area contributed by atoms with E-state index in [9.17, 15) is 4.79 Å². The van der Waals surface area contributed by atoms with Gasteiger partial charge in [-0.15, -0.1) is 0 Å². The first-order chi connectivity index (χ1) is 8.90. The van der Waals surface area contributed by atoms with Crippen molar-refractivity contribution in [3.05, 3.63) is 46.3 Å². The first kappa shape index (κ1) is 20.6. The van der Waals surface area contributed by atoms with E-state index in [2.05, 4.69) is 22.1 Å². The number of hydrogen-bond donors (Lipinski definition) is 1. The third kappa shape index (κ3) is 4.51. The van der Waals surface area contributed by atoms with E-state index < -0.39 is 5.97 Å². The Balaban J connectivity index is 0.00000200. The molecule has 1 aromatic heterocycles. The SMILES string of the molecule is Cc1[c-]c(C)c(-c2nc(C)c(C)c(C(=O)O)n2)[c-]c1.[W].[Y]. The zero-order chi connectivity index (χ0) is 14.2. The van der Waals surface area contributed by atoms with Gasteiger partial charge in [-0.05, 0) is 13.8 Å². The molecule has 6 heteroatoms. The average Bonchev–Trinajstić information content (AvgIpc) is 2.32. The summed E-state index contributed by atoms with van der Waals surface area (Å²) < 4.78 is 0. The van der Waals surface area contributed by atoms with Gasteiger partial charge in [0.1, 0.15) is 5.69 Å². The van der Waals surface area contributed by atoms with Gasteiger partial charge in [0.25, 0.3) is 0 Å². The summed E-state index contributed by atoms with van der Waals surface area (Å²) in [4.78, 5) is 19.7. The summed E-state index contributed by atoms with van der Waals surface area (Å²) in [6, 6.07) is 8.04. The normalized spacial score (nSPS) is 9.52. The molecule has 2 aromatic rings. The molecule has 4 nitrogen and oxygen atoms in total. The molecule has 1 heterocycles. The molecule has 0 amide bonds. The van der Waals surface area contributed by atoms with Crippen LogP contribution in [0.25, 0.3) is 11.4 Å². The molecule has 0 spiro atoms. The number of aromatic nitrogens is 2. The average molecular weight is 527 g/mol. The van der Waals surface area contributed by atoms with Crippen molar-refractivity contribution in [1.82, 2.24) is 9.97 Å². The number of rotatable bonds is 2. The predicted molar refractivity (Wildman–Crippen MR) is 71.0 cm³/mol. The smallest absolute Gasteiger partial charge is 0.353 e. The van der Waals surface area contributed by atoms with E-state index in [1.54, 1.807) is 19.9 Å². The molecule has 107 valence electrons. The maximum atomic E-state index is 11.2. The molecular weight excluding hydrogens is 513 g/mol. The maximum absolute atomic E-state index is 11.2. The number of carbonyl (C=O) groups is 1. The standard InChI is InChI=1S/C15H14N2O2.W.Y/c1-8-5-6-12(9(2)7-8)14-16-11(4)10(3)13(17-14)15(18)19;;/h5H,1-4H3,(H,18,19);;/q-2;;. The van der Waals surface area contributed by atoms with Gasteiger partial charge >= 0.3 is 5.97 Å². The molecule has 1 N–H and O–H groups in total. The summed E-state index contributed by atoms with van der Waals surface area (Å²) in [6.45, 7) is 7.30. The molecular formula is C15H14N2O2WY-2. The van der Waals surface area contributed by atoms with Crippen LogP contribution in [0.4, 0.5) is 0 Å². The summed E-state index contributed by atoms with van der Waals surface area (Å²) in [6.07, 6.45) is 0. The minimum Gasteiger partial charge on any atom is -0.477 e. The molecule has 1 aromatic carbocycles.